The molecule has 0 saturated carbocycles. The molecule has 3 aromatic rings. The van der Waals surface area contributed by atoms with Gasteiger partial charge in [-0.1, -0.05) is 46.3 Å². The highest BCUT2D eigenvalue weighted by Crippen LogP contribution is 2.18. The van der Waals surface area contributed by atoms with Crippen molar-refractivity contribution in [2.24, 2.45) is 0 Å². The van der Waals surface area contributed by atoms with E-state index in [0.29, 0.717) is 12.1 Å². The number of halogens is 1. The van der Waals surface area contributed by atoms with E-state index in [1.807, 2.05) is 30.3 Å². The zero-order chi connectivity index (χ0) is 21.5. The molecule has 1 amide bonds. The average Bonchev–Trinajstić information content (AvgIpc) is 2.74. The molecular formula is C21H21BrN4O4. The highest BCUT2D eigenvalue weighted by Gasteiger charge is 2.18. The Morgan fingerprint density at radius 2 is 1.80 bits per heavy atom. The predicted octanol–water partition coefficient (Wildman–Crippen LogP) is 2.81. The summed E-state index contributed by atoms with van der Waals surface area (Å²) in [5.41, 5.74) is 0.180. The summed E-state index contributed by atoms with van der Waals surface area (Å²) >= 11 is 3.33. The minimum atomic E-state index is -0.631. The Balaban J connectivity index is 1.99. The first-order chi connectivity index (χ1) is 14.5. The summed E-state index contributed by atoms with van der Waals surface area (Å²) in [5.74, 6) is -0.355. The van der Waals surface area contributed by atoms with Gasteiger partial charge in [0.2, 0.25) is 0 Å². The summed E-state index contributed by atoms with van der Waals surface area (Å²) in [6, 6.07) is 16.2. The van der Waals surface area contributed by atoms with Crippen LogP contribution < -0.4 is 21.9 Å². The minimum absolute atomic E-state index is 0.0876. The van der Waals surface area contributed by atoms with Crippen molar-refractivity contribution in [3.05, 3.63) is 91.0 Å². The number of hydrogen-bond donors (Lipinski definition) is 3. The van der Waals surface area contributed by atoms with Crippen LogP contribution in [-0.2, 0) is 17.8 Å². The van der Waals surface area contributed by atoms with E-state index in [0.717, 1.165) is 10.0 Å². The Labute approximate surface area is 181 Å². The summed E-state index contributed by atoms with van der Waals surface area (Å²) in [5, 5.41) is 5.75. The molecule has 9 heteroatoms. The van der Waals surface area contributed by atoms with Crippen molar-refractivity contribution in [3.8, 4) is 0 Å². The molecule has 0 spiro atoms. The molecule has 0 radical (unpaired) electrons. The molecule has 1 heterocycles. The van der Waals surface area contributed by atoms with Crippen LogP contribution in [0, 0.1) is 0 Å². The summed E-state index contributed by atoms with van der Waals surface area (Å²) in [7, 11) is 1.51. The third-order valence-electron chi connectivity index (χ3n) is 4.37. The second-order valence-electron chi connectivity index (χ2n) is 6.43. The maximum absolute atomic E-state index is 12.8. The first-order valence-electron chi connectivity index (χ1n) is 9.20. The Morgan fingerprint density at radius 3 is 2.47 bits per heavy atom. The van der Waals surface area contributed by atoms with Crippen molar-refractivity contribution in [1.29, 1.82) is 0 Å². The molecule has 0 aliphatic heterocycles. The summed E-state index contributed by atoms with van der Waals surface area (Å²) in [6.07, 6.45) is 0. The monoisotopic (exact) mass is 472 g/mol. The van der Waals surface area contributed by atoms with Crippen LogP contribution in [-0.4, -0.2) is 29.2 Å². The van der Waals surface area contributed by atoms with Gasteiger partial charge in [0, 0.05) is 23.7 Å². The molecule has 0 unspecified atom stereocenters. The van der Waals surface area contributed by atoms with Crippen LogP contribution >= 0.6 is 15.9 Å². The van der Waals surface area contributed by atoms with E-state index in [1.165, 1.54) is 11.7 Å². The van der Waals surface area contributed by atoms with E-state index in [1.54, 1.807) is 24.3 Å². The molecule has 0 saturated heterocycles. The van der Waals surface area contributed by atoms with E-state index in [4.69, 9.17) is 4.74 Å². The van der Waals surface area contributed by atoms with Gasteiger partial charge in [-0.2, -0.15) is 0 Å². The maximum atomic E-state index is 12.8. The van der Waals surface area contributed by atoms with Crippen LogP contribution in [0.4, 0.5) is 11.5 Å². The number of nitrogens with zero attached hydrogens (tertiary/aromatic N) is 1. The van der Waals surface area contributed by atoms with Crippen molar-refractivity contribution in [1.82, 2.24) is 9.55 Å². The third-order valence-corrected chi connectivity index (χ3v) is 4.90. The summed E-state index contributed by atoms with van der Waals surface area (Å²) in [4.78, 5) is 40.1. The Kier molecular flexibility index (Phi) is 7.21. The number of hydrogen-bond acceptors (Lipinski definition) is 5. The van der Waals surface area contributed by atoms with Gasteiger partial charge in [-0.05, 0) is 29.8 Å². The molecule has 3 N–H and O–H groups in total. The number of aromatic nitrogens is 2. The highest BCUT2D eigenvalue weighted by molar-refractivity contribution is 9.10. The van der Waals surface area contributed by atoms with E-state index in [-0.39, 0.29) is 24.7 Å². The maximum Gasteiger partial charge on any atom is 0.330 e. The average molecular weight is 473 g/mol. The summed E-state index contributed by atoms with van der Waals surface area (Å²) < 4.78 is 7.17. The Hall–Kier alpha value is -3.17. The molecule has 8 nitrogen and oxygen atoms in total. The van der Waals surface area contributed by atoms with Gasteiger partial charge < -0.3 is 15.4 Å². The Morgan fingerprint density at radius 1 is 1.10 bits per heavy atom. The van der Waals surface area contributed by atoms with Gasteiger partial charge in [0.1, 0.15) is 11.5 Å². The van der Waals surface area contributed by atoms with Crippen molar-refractivity contribution < 1.29 is 9.53 Å². The lowest BCUT2D eigenvalue weighted by Crippen LogP contribution is -2.36. The van der Waals surface area contributed by atoms with Crippen molar-refractivity contribution in [2.45, 2.75) is 13.1 Å². The van der Waals surface area contributed by atoms with Crippen LogP contribution in [0.1, 0.15) is 15.9 Å². The zero-order valence-electron chi connectivity index (χ0n) is 16.3. The molecule has 0 aliphatic carbocycles. The number of amides is 1. The topological polar surface area (TPSA) is 105 Å². The highest BCUT2D eigenvalue weighted by atomic mass is 79.9. The zero-order valence-corrected chi connectivity index (χ0v) is 17.9. The fraction of sp³-hybridized carbons (Fsp3) is 0.190. The lowest BCUT2D eigenvalue weighted by atomic mass is 10.2. The molecule has 0 aliphatic rings. The van der Waals surface area contributed by atoms with Crippen molar-refractivity contribution in [3.63, 3.8) is 0 Å². The molecule has 0 bridgehead atoms. The number of anilines is 2. The molecule has 1 aromatic heterocycles. The number of carbonyl (C=O) groups is 1. The molecular weight excluding hydrogens is 452 g/mol. The van der Waals surface area contributed by atoms with Crippen LogP contribution in [0.5, 0.6) is 0 Å². The first-order valence-corrected chi connectivity index (χ1v) is 9.99. The van der Waals surface area contributed by atoms with Crippen molar-refractivity contribution >= 4 is 33.3 Å². The van der Waals surface area contributed by atoms with Gasteiger partial charge >= 0.3 is 5.69 Å². The SMILES string of the molecule is COCCn1c(NC(=O)c2ccc(Br)cc2)c(NCc2ccccc2)c(=O)[nH]c1=O. The molecule has 2 aromatic carbocycles. The lowest BCUT2D eigenvalue weighted by Gasteiger charge is -2.18. The second-order valence-corrected chi connectivity index (χ2v) is 7.34. The van der Waals surface area contributed by atoms with Crippen LogP contribution in [0.2, 0.25) is 0 Å². The first kappa shape index (κ1) is 21.5. The van der Waals surface area contributed by atoms with Gasteiger partial charge in [0.15, 0.2) is 0 Å². The number of benzene rings is 2. The predicted molar refractivity (Wildman–Crippen MR) is 119 cm³/mol. The normalized spacial score (nSPS) is 10.6. The molecule has 0 atom stereocenters. The third kappa shape index (κ3) is 5.25. The number of nitrogens with one attached hydrogen (secondary N) is 3. The van der Waals surface area contributed by atoms with Gasteiger partial charge in [-0.25, -0.2) is 4.79 Å². The van der Waals surface area contributed by atoms with E-state index < -0.39 is 17.2 Å². The van der Waals surface area contributed by atoms with Gasteiger partial charge in [-0.15, -0.1) is 0 Å². The van der Waals surface area contributed by atoms with Gasteiger partial charge in [0.05, 0.1) is 13.2 Å². The van der Waals surface area contributed by atoms with E-state index in [9.17, 15) is 14.4 Å². The largest absolute Gasteiger partial charge is 0.383 e. The smallest absolute Gasteiger partial charge is 0.330 e. The van der Waals surface area contributed by atoms with Gasteiger partial charge in [0.25, 0.3) is 11.5 Å². The number of methoxy groups -OCH3 is 1. The van der Waals surface area contributed by atoms with E-state index in [2.05, 4.69) is 31.5 Å². The van der Waals surface area contributed by atoms with Gasteiger partial charge in [-0.3, -0.25) is 19.1 Å². The number of carbonyl (C=O) groups excluding carboxylic acids is 1. The fourth-order valence-electron chi connectivity index (χ4n) is 2.83. The number of ether oxygens (including phenoxy) is 1. The van der Waals surface area contributed by atoms with Crippen LogP contribution in [0.15, 0.2) is 68.7 Å². The molecule has 156 valence electrons. The Bertz CT molecular complexity index is 1120. The van der Waals surface area contributed by atoms with Crippen LogP contribution in [0.25, 0.3) is 0 Å². The number of aromatic amines is 1. The minimum Gasteiger partial charge on any atom is -0.383 e. The number of H-pyrrole nitrogens is 1. The number of rotatable bonds is 8. The molecule has 3 rings (SSSR count). The van der Waals surface area contributed by atoms with Crippen LogP contribution in [0.3, 0.4) is 0 Å². The lowest BCUT2D eigenvalue weighted by molar-refractivity contribution is 0.102. The van der Waals surface area contributed by atoms with Crippen molar-refractivity contribution in [2.75, 3.05) is 24.4 Å². The standard InChI is InChI=1S/C21H21BrN4O4/c1-30-12-11-26-18(24-19(27)15-7-9-16(22)10-8-15)17(20(28)25-21(26)29)23-13-14-5-3-2-4-6-14/h2-10,23H,11-13H2,1H3,(H,24,27)(H,25,28,29). The van der Waals surface area contributed by atoms with E-state index >= 15 is 0 Å². The second kappa shape index (κ2) is 10.0. The molecule has 30 heavy (non-hydrogen) atoms. The quantitative estimate of drug-likeness (QED) is 0.467. The molecule has 0 fully saturated rings. The summed E-state index contributed by atoms with van der Waals surface area (Å²) in [6.45, 7) is 0.723. The fourth-order valence-corrected chi connectivity index (χ4v) is 3.09.